The molecule has 7 heteroatoms. The number of rotatable bonds is 4. The van der Waals surface area contributed by atoms with Crippen LogP contribution in [0, 0.1) is 5.41 Å². The lowest BCUT2D eigenvalue weighted by Gasteiger charge is -2.17. The summed E-state index contributed by atoms with van der Waals surface area (Å²) in [5, 5.41) is 8.20. The number of hydrogen-bond acceptors (Lipinski definition) is 7. The largest absolute Gasteiger partial charge is 0.339 e. The van der Waals surface area contributed by atoms with Gasteiger partial charge < -0.3 is 14.8 Å². The van der Waals surface area contributed by atoms with Crippen LogP contribution in [0.5, 0.6) is 0 Å². The van der Waals surface area contributed by atoms with Crippen molar-refractivity contribution in [3.63, 3.8) is 0 Å². The Morgan fingerprint density at radius 1 is 0.963 bits per heavy atom. The maximum absolute atomic E-state index is 6.41. The molecule has 4 rings (SSSR count). The van der Waals surface area contributed by atoms with Crippen LogP contribution >= 0.6 is 0 Å². The van der Waals surface area contributed by atoms with E-state index in [0.717, 1.165) is 43.2 Å². The SMILES string of the molecule is CC(C)(C)Cc1nc(-c2ccc(-c3nc(C4(N)CCCC4)no3)cc2)no1. The lowest BCUT2D eigenvalue weighted by molar-refractivity contribution is 0.314. The molecule has 1 aromatic carbocycles. The first-order valence-corrected chi connectivity index (χ1v) is 9.39. The second kappa shape index (κ2) is 6.56. The highest BCUT2D eigenvalue weighted by Crippen LogP contribution is 2.35. The van der Waals surface area contributed by atoms with Crippen molar-refractivity contribution in [1.29, 1.82) is 0 Å². The van der Waals surface area contributed by atoms with E-state index in [4.69, 9.17) is 14.8 Å². The molecule has 0 bridgehead atoms. The molecule has 1 fully saturated rings. The monoisotopic (exact) mass is 367 g/mol. The number of aromatic nitrogens is 4. The van der Waals surface area contributed by atoms with Crippen LogP contribution in [0.1, 0.15) is 58.2 Å². The Morgan fingerprint density at radius 3 is 2.30 bits per heavy atom. The maximum atomic E-state index is 6.41. The van der Waals surface area contributed by atoms with Crippen molar-refractivity contribution in [2.24, 2.45) is 11.1 Å². The summed E-state index contributed by atoms with van der Waals surface area (Å²) in [6.07, 6.45) is 4.76. The molecule has 1 saturated carbocycles. The first-order valence-electron chi connectivity index (χ1n) is 9.39. The van der Waals surface area contributed by atoms with E-state index in [1.54, 1.807) is 0 Å². The van der Waals surface area contributed by atoms with Crippen LogP contribution in [0.25, 0.3) is 22.8 Å². The number of nitrogens with two attached hydrogens (primary N) is 1. The molecule has 2 heterocycles. The molecule has 0 atom stereocenters. The predicted octanol–water partition coefficient (Wildman–Crippen LogP) is 4.10. The van der Waals surface area contributed by atoms with Crippen molar-refractivity contribution in [2.45, 2.75) is 58.4 Å². The van der Waals surface area contributed by atoms with Gasteiger partial charge in [-0.1, -0.05) is 56.1 Å². The van der Waals surface area contributed by atoms with Crippen LogP contribution in [0.3, 0.4) is 0 Å². The fourth-order valence-electron chi connectivity index (χ4n) is 3.43. The molecule has 7 nitrogen and oxygen atoms in total. The molecule has 0 radical (unpaired) electrons. The van der Waals surface area contributed by atoms with Gasteiger partial charge in [0.25, 0.3) is 5.89 Å². The first-order chi connectivity index (χ1) is 12.8. The van der Waals surface area contributed by atoms with Gasteiger partial charge in [0, 0.05) is 17.5 Å². The summed E-state index contributed by atoms with van der Waals surface area (Å²) < 4.78 is 10.8. The average molecular weight is 367 g/mol. The van der Waals surface area contributed by atoms with Gasteiger partial charge in [-0.25, -0.2) is 0 Å². The normalized spacial score (nSPS) is 16.7. The third-order valence-corrected chi connectivity index (χ3v) is 4.91. The van der Waals surface area contributed by atoms with Crippen LogP contribution in [0.2, 0.25) is 0 Å². The molecule has 0 saturated heterocycles. The molecule has 0 amide bonds. The summed E-state index contributed by atoms with van der Waals surface area (Å²) in [6.45, 7) is 6.42. The van der Waals surface area contributed by atoms with Gasteiger partial charge in [-0.3, -0.25) is 0 Å². The van der Waals surface area contributed by atoms with E-state index in [-0.39, 0.29) is 5.41 Å². The minimum atomic E-state index is -0.449. The van der Waals surface area contributed by atoms with Gasteiger partial charge in [0.05, 0.1) is 5.54 Å². The van der Waals surface area contributed by atoms with E-state index in [1.165, 1.54) is 0 Å². The lowest BCUT2D eigenvalue weighted by Crippen LogP contribution is -2.34. The highest BCUT2D eigenvalue weighted by atomic mass is 16.5. The van der Waals surface area contributed by atoms with E-state index in [2.05, 4.69) is 41.1 Å². The van der Waals surface area contributed by atoms with Crippen molar-refractivity contribution in [3.8, 4) is 22.8 Å². The molecule has 0 unspecified atom stereocenters. The second-order valence-corrected chi connectivity index (χ2v) is 8.61. The Bertz CT molecular complexity index is 915. The highest BCUT2D eigenvalue weighted by molar-refractivity contribution is 5.62. The molecule has 27 heavy (non-hydrogen) atoms. The van der Waals surface area contributed by atoms with Crippen LogP contribution < -0.4 is 5.73 Å². The molecular formula is C20H25N5O2. The summed E-state index contributed by atoms with van der Waals surface area (Å²) in [6, 6.07) is 7.70. The third kappa shape index (κ3) is 3.78. The van der Waals surface area contributed by atoms with Crippen LogP contribution in [-0.2, 0) is 12.0 Å². The quantitative estimate of drug-likeness (QED) is 0.740. The van der Waals surface area contributed by atoms with E-state index in [9.17, 15) is 0 Å². The van der Waals surface area contributed by atoms with Crippen LogP contribution in [0.15, 0.2) is 33.3 Å². The molecule has 2 N–H and O–H groups in total. The first kappa shape index (κ1) is 17.9. The van der Waals surface area contributed by atoms with E-state index in [0.29, 0.717) is 23.4 Å². The Morgan fingerprint density at radius 2 is 1.63 bits per heavy atom. The Hall–Kier alpha value is -2.54. The molecular weight excluding hydrogens is 342 g/mol. The maximum Gasteiger partial charge on any atom is 0.257 e. The highest BCUT2D eigenvalue weighted by Gasteiger charge is 2.36. The minimum absolute atomic E-state index is 0.100. The zero-order valence-electron chi connectivity index (χ0n) is 16.0. The zero-order valence-corrected chi connectivity index (χ0v) is 16.0. The topological polar surface area (TPSA) is 104 Å². The van der Waals surface area contributed by atoms with Crippen molar-refractivity contribution in [3.05, 3.63) is 36.0 Å². The predicted molar refractivity (Wildman–Crippen MR) is 101 cm³/mol. The van der Waals surface area contributed by atoms with Gasteiger partial charge in [-0.15, -0.1) is 0 Å². The molecule has 0 spiro atoms. The third-order valence-electron chi connectivity index (χ3n) is 4.91. The summed E-state index contributed by atoms with van der Waals surface area (Å²) in [5.41, 5.74) is 7.79. The van der Waals surface area contributed by atoms with E-state index < -0.39 is 5.54 Å². The standard InChI is InChI=1S/C20H25N5O2/c1-19(2,3)12-15-22-16(24-26-15)13-6-8-14(9-7-13)17-23-18(25-27-17)20(21)10-4-5-11-20/h6-9H,4-5,10-12,21H2,1-3H3. The summed E-state index contributed by atoms with van der Waals surface area (Å²) in [5.74, 6) is 2.31. The van der Waals surface area contributed by atoms with Crippen molar-refractivity contribution >= 4 is 0 Å². The van der Waals surface area contributed by atoms with Gasteiger partial charge in [-0.05, 0) is 30.4 Å². The van der Waals surface area contributed by atoms with E-state index >= 15 is 0 Å². The molecule has 1 aliphatic rings. The number of benzene rings is 1. The fourth-order valence-corrected chi connectivity index (χ4v) is 3.43. The molecule has 3 aromatic rings. The Labute approximate surface area is 158 Å². The zero-order chi connectivity index (χ0) is 19.1. The summed E-state index contributed by atoms with van der Waals surface area (Å²) in [7, 11) is 0. The molecule has 0 aliphatic heterocycles. The van der Waals surface area contributed by atoms with Gasteiger partial charge in [0.2, 0.25) is 11.7 Å². The van der Waals surface area contributed by atoms with Crippen LogP contribution in [0.4, 0.5) is 0 Å². The Kier molecular flexibility index (Phi) is 4.34. The minimum Gasteiger partial charge on any atom is -0.339 e. The molecule has 1 aliphatic carbocycles. The smallest absolute Gasteiger partial charge is 0.257 e. The van der Waals surface area contributed by atoms with Crippen molar-refractivity contribution < 1.29 is 9.05 Å². The number of hydrogen-bond donors (Lipinski definition) is 1. The van der Waals surface area contributed by atoms with Gasteiger partial charge in [0.15, 0.2) is 5.82 Å². The van der Waals surface area contributed by atoms with E-state index in [1.807, 2.05) is 24.3 Å². The molecule has 142 valence electrons. The van der Waals surface area contributed by atoms with Gasteiger partial charge >= 0.3 is 0 Å². The molecule has 2 aromatic heterocycles. The van der Waals surface area contributed by atoms with Gasteiger partial charge in [0.1, 0.15) is 0 Å². The summed E-state index contributed by atoms with van der Waals surface area (Å²) in [4.78, 5) is 9.02. The van der Waals surface area contributed by atoms with Gasteiger partial charge in [-0.2, -0.15) is 9.97 Å². The number of nitrogens with zero attached hydrogens (tertiary/aromatic N) is 4. The van der Waals surface area contributed by atoms with Crippen molar-refractivity contribution in [2.75, 3.05) is 0 Å². The van der Waals surface area contributed by atoms with Crippen molar-refractivity contribution in [1.82, 2.24) is 20.3 Å². The second-order valence-electron chi connectivity index (χ2n) is 8.61. The Balaban J connectivity index is 1.52. The van der Waals surface area contributed by atoms with Crippen LogP contribution in [-0.4, -0.2) is 20.3 Å². The summed E-state index contributed by atoms with van der Waals surface area (Å²) >= 11 is 0. The lowest BCUT2D eigenvalue weighted by atomic mass is 9.92. The fraction of sp³-hybridized carbons (Fsp3) is 0.500. The average Bonchev–Trinajstić information content (AvgIpc) is 3.34.